The number of nitrogens with one attached hydrogen (secondary N) is 1. The van der Waals surface area contributed by atoms with Crippen LogP contribution in [0, 0.1) is 0 Å². The third kappa shape index (κ3) is 3.58. The predicted molar refractivity (Wildman–Crippen MR) is 120 cm³/mol. The maximum Gasteiger partial charge on any atom is 0.221 e. The van der Waals surface area contributed by atoms with E-state index >= 15 is 0 Å². The lowest BCUT2D eigenvalue weighted by atomic mass is 10.1. The lowest BCUT2D eigenvalue weighted by molar-refractivity contribution is -0.114. The molecule has 6 heteroatoms. The molecule has 2 fully saturated rings. The molecule has 3 aromatic heterocycles. The number of amides is 1. The number of hydrogen-bond acceptors (Lipinski definition) is 4. The van der Waals surface area contributed by atoms with Crippen LogP contribution in [0.4, 0.5) is 5.69 Å². The van der Waals surface area contributed by atoms with E-state index in [0.717, 1.165) is 33.7 Å². The summed E-state index contributed by atoms with van der Waals surface area (Å²) < 4.78 is 2.05. The fraction of sp³-hybridized carbons (Fsp3) is 0.280. The second-order valence-corrected chi connectivity index (χ2v) is 8.64. The second-order valence-electron chi connectivity index (χ2n) is 8.64. The maximum absolute atomic E-state index is 11.3. The lowest BCUT2D eigenvalue weighted by Gasteiger charge is -2.08. The number of rotatable bonds is 5. The van der Waals surface area contributed by atoms with Gasteiger partial charge in [0, 0.05) is 47.3 Å². The maximum atomic E-state index is 11.3. The molecular weight excluding hydrogens is 386 g/mol. The van der Waals surface area contributed by atoms with Crippen molar-refractivity contribution in [2.45, 2.75) is 44.4 Å². The molecule has 1 aromatic carbocycles. The summed E-state index contributed by atoms with van der Waals surface area (Å²) in [7, 11) is 0. The third-order valence-corrected chi connectivity index (χ3v) is 6.02. The Kier molecular flexibility index (Phi) is 4.13. The zero-order valence-corrected chi connectivity index (χ0v) is 17.4. The zero-order chi connectivity index (χ0) is 20.9. The molecule has 154 valence electrons. The van der Waals surface area contributed by atoms with E-state index in [4.69, 9.17) is 15.1 Å². The van der Waals surface area contributed by atoms with Gasteiger partial charge in [-0.1, -0.05) is 6.07 Å². The molecule has 0 saturated heterocycles. The van der Waals surface area contributed by atoms with Crippen molar-refractivity contribution in [2.24, 2.45) is 0 Å². The highest BCUT2D eigenvalue weighted by Crippen LogP contribution is 2.45. The van der Waals surface area contributed by atoms with E-state index in [0.29, 0.717) is 11.8 Å². The van der Waals surface area contributed by atoms with Gasteiger partial charge in [-0.25, -0.2) is 14.6 Å². The number of hydrogen-bond donors (Lipinski definition) is 1. The highest BCUT2D eigenvalue weighted by atomic mass is 16.1. The van der Waals surface area contributed by atoms with Gasteiger partial charge in [0.2, 0.25) is 5.91 Å². The molecule has 4 aromatic rings. The second kappa shape index (κ2) is 7.01. The molecule has 6 rings (SSSR count). The number of pyridine rings is 2. The van der Waals surface area contributed by atoms with Crippen LogP contribution in [-0.4, -0.2) is 25.7 Å². The summed E-state index contributed by atoms with van der Waals surface area (Å²) in [4.78, 5) is 20.8. The number of carbonyl (C=O) groups excluding carboxylic acids is 1. The van der Waals surface area contributed by atoms with Gasteiger partial charge >= 0.3 is 0 Å². The van der Waals surface area contributed by atoms with Gasteiger partial charge in [0.1, 0.15) is 0 Å². The molecule has 0 unspecified atom stereocenters. The minimum atomic E-state index is -0.0821. The van der Waals surface area contributed by atoms with Crippen molar-refractivity contribution in [2.75, 3.05) is 5.32 Å². The van der Waals surface area contributed by atoms with Crippen molar-refractivity contribution in [1.82, 2.24) is 19.7 Å². The SMILES string of the molecule is CC(=O)Nc1ccc2nc(-c3ccc(-n4nc(C5CC5)cc4C4CC4)nc3)ccc2c1. The Bertz CT molecular complexity index is 1300. The first kappa shape index (κ1) is 18.2. The van der Waals surface area contributed by atoms with Crippen LogP contribution >= 0.6 is 0 Å². The fourth-order valence-corrected chi connectivity index (χ4v) is 4.08. The van der Waals surface area contributed by atoms with E-state index < -0.39 is 0 Å². The molecule has 2 aliphatic rings. The third-order valence-electron chi connectivity index (χ3n) is 6.02. The van der Waals surface area contributed by atoms with Crippen molar-refractivity contribution in [3.63, 3.8) is 0 Å². The summed E-state index contributed by atoms with van der Waals surface area (Å²) in [5.41, 5.74) is 6.03. The number of benzene rings is 1. The number of anilines is 1. The molecule has 0 aliphatic heterocycles. The van der Waals surface area contributed by atoms with Crippen LogP contribution in [0.2, 0.25) is 0 Å². The van der Waals surface area contributed by atoms with Gasteiger partial charge in [-0.15, -0.1) is 0 Å². The van der Waals surface area contributed by atoms with Crippen LogP contribution in [0.15, 0.2) is 54.7 Å². The lowest BCUT2D eigenvalue weighted by Crippen LogP contribution is -2.05. The normalized spacial score (nSPS) is 15.9. The summed E-state index contributed by atoms with van der Waals surface area (Å²) in [5, 5.41) is 8.68. The van der Waals surface area contributed by atoms with Gasteiger partial charge < -0.3 is 5.32 Å². The monoisotopic (exact) mass is 409 g/mol. The van der Waals surface area contributed by atoms with E-state index in [1.54, 1.807) is 0 Å². The van der Waals surface area contributed by atoms with Gasteiger partial charge in [0.15, 0.2) is 5.82 Å². The van der Waals surface area contributed by atoms with Crippen LogP contribution in [0.25, 0.3) is 28.0 Å². The Labute approximate surface area is 180 Å². The highest BCUT2D eigenvalue weighted by molar-refractivity contribution is 5.92. The Morgan fingerprint density at radius 3 is 2.55 bits per heavy atom. The summed E-state index contributed by atoms with van der Waals surface area (Å²) in [6.07, 6.45) is 6.89. The van der Waals surface area contributed by atoms with E-state index in [-0.39, 0.29) is 5.91 Å². The first-order valence-corrected chi connectivity index (χ1v) is 10.9. The predicted octanol–water partition coefficient (Wildman–Crippen LogP) is 5.20. The minimum absolute atomic E-state index is 0.0821. The Morgan fingerprint density at radius 1 is 1.00 bits per heavy atom. The first-order valence-electron chi connectivity index (χ1n) is 10.9. The summed E-state index contributed by atoms with van der Waals surface area (Å²) in [6, 6.07) is 16.2. The molecule has 0 spiro atoms. The molecule has 0 radical (unpaired) electrons. The van der Waals surface area contributed by atoms with Gasteiger partial charge in [0.25, 0.3) is 0 Å². The molecule has 2 saturated carbocycles. The molecule has 2 aliphatic carbocycles. The van der Waals surface area contributed by atoms with Crippen LogP contribution in [0.1, 0.15) is 55.8 Å². The van der Waals surface area contributed by atoms with Crippen LogP contribution in [0.5, 0.6) is 0 Å². The molecule has 6 nitrogen and oxygen atoms in total. The molecule has 0 atom stereocenters. The summed E-state index contributed by atoms with van der Waals surface area (Å²) >= 11 is 0. The van der Waals surface area contributed by atoms with Gasteiger partial charge in [-0.05, 0) is 68.1 Å². The van der Waals surface area contributed by atoms with Crippen molar-refractivity contribution in [1.29, 1.82) is 0 Å². The standard InChI is InChI=1S/C25H23N5O/c1-15(31)27-20-8-10-21-18(12-20)6-9-22(28-21)19-7-11-25(26-14-19)30-24(17-4-5-17)13-23(29-30)16-2-3-16/h6-14,16-17H,2-5H2,1H3,(H,27,31). The molecule has 1 amide bonds. The molecule has 3 heterocycles. The quantitative estimate of drug-likeness (QED) is 0.492. The zero-order valence-electron chi connectivity index (χ0n) is 17.4. The van der Waals surface area contributed by atoms with Crippen LogP contribution in [-0.2, 0) is 4.79 Å². The Morgan fingerprint density at radius 2 is 1.84 bits per heavy atom. The molecular formula is C25H23N5O. The topological polar surface area (TPSA) is 72.7 Å². The summed E-state index contributed by atoms with van der Waals surface area (Å²) in [6.45, 7) is 1.51. The van der Waals surface area contributed by atoms with Gasteiger partial charge in [-0.3, -0.25) is 4.79 Å². The molecule has 0 bridgehead atoms. The highest BCUT2D eigenvalue weighted by Gasteiger charge is 2.33. The number of aromatic nitrogens is 4. The van der Waals surface area contributed by atoms with Crippen molar-refractivity contribution in [3.05, 3.63) is 66.1 Å². The van der Waals surface area contributed by atoms with Gasteiger partial charge in [-0.2, -0.15) is 5.10 Å². The fourth-order valence-electron chi connectivity index (χ4n) is 4.08. The average molecular weight is 409 g/mol. The van der Waals surface area contributed by atoms with Crippen molar-refractivity contribution < 1.29 is 4.79 Å². The van der Waals surface area contributed by atoms with Gasteiger partial charge in [0.05, 0.1) is 16.9 Å². The summed E-state index contributed by atoms with van der Waals surface area (Å²) in [5.74, 6) is 2.07. The van der Waals surface area contributed by atoms with Crippen molar-refractivity contribution >= 4 is 22.5 Å². The average Bonchev–Trinajstić information content (AvgIpc) is 3.71. The van der Waals surface area contributed by atoms with Crippen LogP contribution in [0.3, 0.4) is 0 Å². The molecule has 1 N–H and O–H groups in total. The van der Waals surface area contributed by atoms with E-state index in [1.807, 2.05) is 47.3 Å². The van der Waals surface area contributed by atoms with E-state index in [9.17, 15) is 4.79 Å². The molecule has 31 heavy (non-hydrogen) atoms. The Hall–Kier alpha value is -3.54. The van der Waals surface area contributed by atoms with E-state index in [1.165, 1.54) is 44.0 Å². The minimum Gasteiger partial charge on any atom is -0.326 e. The van der Waals surface area contributed by atoms with Crippen molar-refractivity contribution in [3.8, 4) is 17.1 Å². The number of fused-ring (bicyclic) bond motifs is 1. The largest absolute Gasteiger partial charge is 0.326 e. The number of nitrogens with zero attached hydrogens (tertiary/aromatic N) is 4. The smallest absolute Gasteiger partial charge is 0.221 e. The van der Waals surface area contributed by atoms with Crippen LogP contribution < -0.4 is 5.32 Å². The Balaban J connectivity index is 1.30. The number of carbonyl (C=O) groups is 1. The first-order chi connectivity index (χ1) is 15.1. The van der Waals surface area contributed by atoms with E-state index in [2.05, 4.69) is 17.4 Å².